The molecule has 0 aliphatic rings. The first-order valence-electron chi connectivity index (χ1n) is 4.39. The van der Waals surface area contributed by atoms with Crippen LogP contribution in [-0.4, -0.2) is 50.3 Å². The van der Waals surface area contributed by atoms with Crippen LogP contribution in [0.15, 0.2) is 0 Å². The van der Waals surface area contributed by atoms with E-state index in [1.165, 1.54) is 24.5 Å². The zero-order chi connectivity index (χ0) is 14.4. The Hall–Kier alpha value is -3.00. The normalized spacial score (nSPS) is 7.55. The molecule has 1 aromatic heterocycles. The molecule has 9 nitrogen and oxygen atoms in total. The van der Waals surface area contributed by atoms with Crippen molar-refractivity contribution >= 4 is 35.5 Å². The van der Waals surface area contributed by atoms with Crippen LogP contribution in [0.1, 0.15) is 27.6 Å². The monoisotopic (exact) mass is 271 g/mol. The third-order valence-electron chi connectivity index (χ3n) is 1.82. The van der Waals surface area contributed by atoms with Gasteiger partial charge in [-0.25, -0.2) is 9.97 Å². The molecule has 0 aliphatic carbocycles. The van der Waals surface area contributed by atoms with E-state index >= 15 is 0 Å². The van der Waals surface area contributed by atoms with Gasteiger partial charge in [-0.3, -0.25) is 4.79 Å². The van der Waals surface area contributed by atoms with Gasteiger partial charge in [0.25, 0.3) is 0 Å². The van der Waals surface area contributed by atoms with E-state index in [2.05, 4.69) is 9.97 Å². The quantitative estimate of drug-likeness (QED) is 0.360. The molecular weight excluding hydrogens is 271 g/mol. The first-order chi connectivity index (χ1) is 9.12. The molecule has 10 heteroatoms. The third kappa shape index (κ3) is 3.06. The fraction of sp³-hybridized carbons (Fsp3) is 0. The van der Waals surface area contributed by atoms with Crippen LogP contribution in [0.5, 0.6) is 0 Å². The summed E-state index contributed by atoms with van der Waals surface area (Å²) in [5.41, 5.74) is -2.08. The van der Waals surface area contributed by atoms with Gasteiger partial charge in [-0.05, 0) is 0 Å². The number of hydrogen-bond acceptors (Lipinski definition) is 8. The van der Waals surface area contributed by atoms with Gasteiger partial charge in [0.1, 0.15) is 18.2 Å². The molecule has 20 heavy (non-hydrogen) atoms. The van der Waals surface area contributed by atoms with E-state index in [1.807, 2.05) is 0 Å². The second-order valence-electron chi connectivity index (χ2n) is 2.79. The van der Waals surface area contributed by atoms with E-state index in [-0.39, 0.29) is 34.5 Å². The predicted molar refractivity (Wildman–Crippen MR) is 59.3 cm³/mol. The van der Waals surface area contributed by atoms with Crippen LogP contribution in [0, 0.1) is 56.9 Å². The van der Waals surface area contributed by atoms with Crippen LogP contribution in [0.3, 0.4) is 0 Å². The van der Waals surface area contributed by atoms with Crippen molar-refractivity contribution in [2.24, 2.45) is 0 Å². The number of carbonyl (C=O) groups excluding carboxylic acids is 1. The Labute approximate surface area is 134 Å². The summed E-state index contributed by atoms with van der Waals surface area (Å²) < 4.78 is 0. The minimum absolute atomic E-state index is 0. The zero-order valence-electron chi connectivity index (χ0n) is 9.99. The Balaban J connectivity index is 0.00000361. The summed E-state index contributed by atoms with van der Waals surface area (Å²) in [7, 11) is 0. The first-order valence-corrected chi connectivity index (χ1v) is 4.39. The summed E-state index contributed by atoms with van der Waals surface area (Å²) in [6, 6.07) is 4.57. The maximum atomic E-state index is 11.7. The van der Waals surface area contributed by atoms with Crippen LogP contribution < -0.4 is 0 Å². The van der Waals surface area contributed by atoms with Gasteiger partial charge >= 0.3 is 5.91 Å². The summed E-state index contributed by atoms with van der Waals surface area (Å²) in [4.78, 5) is 18.7. The maximum Gasteiger partial charge on any atom is 0.302 e. The minimum Gasteiger partial charge on any atom is -0.265 e. The van der Waals surface area contributed by atoms with Crippen molar-refractivity contribution in [2.45, 2.75) is 0 Å². The fourth-order valence-electron chi connectivity index (χ4n) is 1.04. The van der Waals surface area contributed by atoms with Crippen LogP contribution in [0.4, 0.5) is 0 Å². The smallest absolute Gasteiger partial charge is 0.265 e. The topological polar surface area (TPSA) is 165 Å². The van der Waals surface area contributed by atoms with E-state index in [0.29, 0.717) is 0 Å². The van der Waals surface area contributed by atoms with Crippen LogP contribution in [0.25, 0.3) is 0 Å². The van der Waals surface area contributed by atoms with Crippen LogP contribution in [0.2, 0.25) is 0 Å². The Morgan fingerprint density at radius 1 is 0.850 bits per heavy atom. The molecule has 1 aromatic rings. The predicted octanol–water partition coefficient (Wildman–Crippen LogP) is -0.885. The standard InChI is InChI=1S/C10N8O.Na/c11-1-6-7(2-12)17-9(8(3-13)16-6)10(19)18(4-14)5-15;. The molecular formula is C10N8NaO. The van der Waals surface area contributed by atoms with Crippen molar-refractivity contribution in [3.8, 4) is 30.6 Å². The van der Waals surface area contributed by atoms with Crippen molar-refractivity contribution in [3.05, 3.63) is 22.8 Å². The van der Waals surface area contributed by atoms with E-state index in [0.717, 1.165) is 0 Å². The largest absolute Gasteiger partial charge is 0.302 e. The number of hydrogen-bond donors (Lipinski definition) is 0. The molecule has 0 N–H and O–H groups in total. The van der Waals surface area contributed by atoms with E-state index in [1.54, 1.807) is 6.07 Å². The molecule has 0 spiro atoms. The number of aromatic nitrogens is 2. The minimum atomic E-state index is -1.20. The van der Waals surface area contributed by atoms with Gasteiger partial charge in [0, 0.05) is 29.6 Å². The SMILES string of the molecule is N#Cc1nc(C#N)c(C(=O)N(C#N)C#N)nc1C#N.[Na]. The van der Waals surface area contributed by atoms with Gasteiger partial charge < -0.3 is 0 Å². The van der Waals surface area contributed by atoms with Gasteiger partial charge in [-0.15, -0.1) is 4.90 Å². The summed E-state index contributed by atoms with van der Waals surface area (Å²) >= 11 is 0. The number of nitrogens with zero attached hydrogens (tertiary/aromatic N) is 8. The summed E-state index contributed by atoms with van der Waals surface area (Å²) in [5, 5.41) is 43.3. The van der Waals surface area contributed by atoms with Crippen molar-refractivity contribution in [3.63, 3.8) is 0 Å². The average Bonchev–Trinajstić information content (AvgIpc) is 2.46. The third-order valence-corrected chi connectivity index (χ3v) is 1.82. The Morgan fingerprint density at radius 3 is 1.70 bits per heavy atom. The molecule has 1 rings (SSSR count). The van der Waals surface area contributed by atoms with Gasteiger partial charge in [-0.1, -0.05) is 0 Å². The van der Waals surface area contributed by atoms with E-state index < -0.39 is 28.7 Å². The Morgan fingerprint density at radius 2 is 1.30 bits per heavy atom. The molecule has 0 aliphatic heterocycles. The zero-order valence-corrected chi connectivity index (χ0v) is 12.0. The van der Waals surface area contributed by atoms with Crippen molar-refractivity contribution in [2.75, 3.05) is 0 Å². The van der Waals surface area contributed by atoms with Crippen molar-refractivity contribution in [1.82, 2.24) is 14.9 Å². The number of amides is 1. The van der Waals surface area contributed by atoms with Gasteiger partial charge in [0.2, 0.25) is 12.4 Å². The van der Waals surface area contributed by atoms with Crippen molar-refractivity contribution in [1.29, 1.82) is 26.3 Å². The molecule has 1 radical (unpaired) electrons. The molecule has 0 saturated heterocycles. The molecule has 0 saturated carbocycles. The average molecular weight is 271 g/mol. The summed E-state index contributed by atoms with van der Waals surface area (Å²) in [6.07, 6.45) is 2.53. The molecule has 0 bridgehead atoms. The Bertz CT molecular complexity index is 753. The van der Waals surface area contributed by atoms with Gasteiger partial charge in [-0.2, -0.15) is 26.3 Å². The molecule has 1 amide bonds. The fourth-order valence-corrected chi connectivity index (χ4v) is 1.04. The second-order valence-corrected chi connectivity index (χ2v) is 2.79. The van der Waals surface area contributed by atoms with Gasteiger partial charge in [0.05, 0.1) is 0 Å². The molecule has 0 aromatic carbocycles. The Kier molecular flexibility index (Phi) is 6.32. The van der Waals surface area contributed by atoms with Crippen LogP contribution >= 0.6 is 0 Å². The number of rotatable bonds is 1. The van der Waals surface area contributed by atoms with E-state index in [9.17, 15) is 4.79 Å². The van der Waals surface area contributed by atoms with Crippen molar-refractivity contribution < 1.29 is 4.79 Å². The first kappa shape index (κ1) is 17.0. The molecule has 0 unspecified atom stereocenters. The summed E-state index contributed by atoms with van der Waals surface area (Å²) in [6.45, 7) is 0. The second kappa shape index (κ2) is 7.44. The molecule has 0 atom stereocenters. The molecule has 1 heterocycles. The van der Waals surface area contributed by atoms with Crippen LogP contribution in [-0.2, 0) is 0 Å². The van der Waals surface area contributed by atoms with E-state index in [4.69, 9.17) is 26.3 Å². The van der Waals surface area contributed by atoms with Gasteiger partial charge in [0.15, 0.2) is 22.8 Å². The number of nitriles is 5. The molecule has 0 fully saturated rings. The maximum absolute atomic E-state index is 11.7. The molecule has 87 valence electrons. The number of carbonyl (C=O) groups is 1. The summed E-state index contributed by atoms with van der Waals surface area (Å²) in [5.74, 6) is -1.20.